The second-order valence-corrected chi connectivity index (χ2v) is 8.07. The number of piperazine rings is 1. The van der Waals surface area contributed by atoms with Crippen LogP contribution in [0, 0.1) is 17.3 Å². The minimum atomic E-state index is 0.357. The Kier molecular flexibility index (Phi) is 4.32. The van der Waals surface area contributed by atoms with Crippen LogP contribution in [0.15, 0.2) is 0 Å². The van der Waals surface area contributed by atoms with E-state index in [-0.39, 0.29) is 0 Å². The maximum Gasteiger partial charge on any atom is 0.226 e. The molecule has 20 heavy (non-hydrogen) atoms. The molecule has 2 saturated carbocycles. The third-order valence-corrected chi connectivity index (χ3v) is 6.44. The van der Waals surface area contributed by atoms with Gasteiger partial charge in [0.1, 0.15) is 0 Å². The smallest absolute Gasteiger partial charge is 0.226 e. The zero-order valence-corrected chi connectivity index (χ0v) is 13.8. The average Bonchev–Trinajstić information content (AvgIpc) is 3.13. The van der Waals surface area contributed by atoms with Gasteiger partial charge in [0.15, 0.2) is 0 Å². The molecule has 3 aliphatic rings. The van der Waals surface area contributed by atoms with Gasteiger partial charge in [-0.25, -0.2) is 0 Å². The summed E-state index contributed by atoms with van der Waals surface area (Å²) >= 11 is 2.00. The summed E-state index contributed by atoms with van der Waals surface area (Å²) in [7, 11) is 0. The van der Waals surface area contributed by atoms with Crippen molar-refractivity contribution >= 4 is 17.7 Å². The van der Waals surface area contributed by atoms with Gasteiger partial charge in [-0.05, 0) is 42.6 Å². The van der Waals surface area contributed by atoms with Gasteiger partial charge in [0.25, 0.3) is 0 Å². The Labute approximate surface area is 127 Å². The van der Waals surface area contributed by atoms with Crippen LogP contribution >= 0.6 is 11.8 Å². The van der Waals surface area contributed by atoms with Crippen molar-refractivity contribution in [2.24, 2.45) is 17.3 Å². The molecular weight excluding hydrogens is 268 g/mol. The largest absolute Gasteiger partial charge is 0.340 e. The van der Waals surface area contributed by atoms with E-state index in [1.807, 2.05) is 11.8 Å². The first-order valence-electron chi connectivity index (χ1n) is 8.14. The van der Waals surface area contributed by atoms with Crippen LogP contribution in [0.2, 0.25) is 0 Å². The van der Waals surface area contributed by atoms with Crippen LogP contribution in [0.3, 0.4) is 0 Å². The van der Waals surface area contributed by atoms with Crippen molar-refractivity contribution in [2.75, 3.05) is 44.7 Å². The minimum absolute atomic E-state index is 0.357. The Morgan fingerprint density at radius 3 is 2.35 bits per heavy atom. The van der Waals surface area contributed by atoms with Crippen molar-refractivity contribution in [3.8, 4) is 0 Å². The van der Waals surface area contributed by atoms with Crippen LogP contribution in [0.1, 0.15) is 32.6 Å². The van der Waals surface area contributed by atoms with Crippen molar-refractivity contribution < 1.29 is 4.79 Å². The van der Waals surface area contributed by atoms with E-state index in [4.69, 9.17) is 0 Å². The Hall–Kier alpha value is -0.220. The molecule has 0 spiro atoms. The molecule has 0 aromatic heterocycles. The van der Waals surface area contributed by atoms with Gasteiger partial charge in [0.2, 0.25) is 5.91 Å². The first kappa shape index (κ1) is 14.7. The van der Waals surface area contributed by atoms with Crippen molar-refractivity contribution in [3.05, 3.63) is 0 Å². The zero-order chi connectivity index (χ0) is 14.2. The average molecular weight is 296 g/mol. The first-order chi connectivity index (χ1) is 9.63. The highest BCUT2D eigenvalue weighted by molar-refractivity contribution is 7.98. The molecule has 2 atom stereocenters. The lowest BCUT2D eigenvalue weighted by Gasteiger charge is -2.47. The highest BCUT2D eigenvalue weighted by Gasteiger charge is 2.43. The van der Waals surface area contributed by atoms with E-state index in [1.54, 1.807) is 0 Å². The van der Waals surface area contributed by atoms with Gasteiger partial charge in [0.05, 0.1) is 0 Å². The summed E-state index contributed by atoms with van der Waals surface area (Å²) in [5.41, 5.74) is 0.594. The van der Waals surface area contributed by atoms with Gasteiger partial charge in [-0.15, -0.1) is 0 Å². The number of nitrogens with zero attached hydrogens (tertiary/aromatic N) is 2. The SMILES string of the molecule is CSCC1(CN2CCN(C(=O)[C@@H]3C[C@@H]3C)CC2)CCC1. The highest BCUT2D eigenvalue weighted by atomic mass is 32.2. The maximum atomic E-state index is 12.2. The van der Waals surface area contributed by atoms with Crippen molar-refractivity contribution in [3.63, 3.8) is 0 Å². The number of amides is 1. The monoisotopic (exact) mass is 296 g/mol. The Morgan fingerprint density at radius 2 is 1.90 bits per heavy atom. The zero-order valence-electron chi connectivity index (χ0n) is 12.9. The Balaban J connectivity index is 1.45. The fraction of sp³-hybridized carbons (Fsp3) is 0.938. The quantitative estimate of drug-likeness (QED) is 0.778. The molecule has 1 saturated heterocycles. The summed E-state index contributed by atoms with van der Waals surface area (Å²) < 4.78 is 0. The van der Waals surface area contributed by atoms with Crippen molar-refractivity contribution in [1.82, 2.24) is 9.80 Å². The van der Waals surface area contributed by atoms with Gasteiger partial charge in [-0.1, -0.05) is 13.3 Å². The summed E-state index contributed by atoms with van der Waals surface area (Å²) in [6, 6.07) is 0. The molecule has 114 valence electrons. The highest BCUT2D eigenvalue weighted by Crippen LogP contribution is 2.44. The molecule has 0 aromatic carbocycles. The molecule has 3 rings (SSSR count). The first-order valence-corrected chi connectivity index (χ1v) is 9.53. The van der Waals surface area contributed by atoms with Crippen molar-refractivity contribution in [1.29, 1.82) is 0 Å². The second kappa shape index (κ2) is 5.88. The van der Waals surface area contributed by atoms with Crippen LogP contribution in [0.5, 0.6) is 0 Å². The molecular formula is C16H28N2OS. The molecule has 0 radical (unpaired) electrons. The van der Waals surface area contributed by atoms with Crippen LogP contribution < -0.4 is 0 Å². The summed E-state index contributed by atoms with van der Waals surface area (Å²) in [5.74, 6) is 2.74. The van der Waals surface area contributed by atoms with Crippen molar-refractivity contribution in [2.45, 2.75) is 32.6 Å². The molecule has 0 aromatic rings. The van der Waals surface area contributed by atoms with E-state index in [0.717, 1.165) is 32.6 Å². The summed E-state index contributed by atoms with van der Waals surface area (Å²) in [4.78, 5) is 17.0. The molecule has 3 nitrogen and oxygen atoms in total. The molecule has 1 aliphatic heterocycles. The van der Waals surface area contributed by atoms with Gasteiger partial charge >= 0.3 is 0 Å². The summed E-state index contributed by atoms with van der Waals surface area (Å²) in [6.07, 6.45) is 7.58. The standard InChI is InChI=1S/C16H28N2OS/c1-13-10-14(13)15(19)18-8-6-17(7-9-18)11-16(12-20-2)4-3-5-16/h13-14H,3-12H2,1-2H3/t13-,14+/m0/s1. The third-order valence-electron chi connectivity index (χ3n) is 5.53. The number of carbonyl (C=O) groups excluding carboxylic acids is 1. The van der Waals surface area contributed by atoms with Gasteiger partial charge in [0, 0.05) is 38.6 Å². The minimum Gasteiger partial charge on any atom is -0.340 e. The van der Waals surface area contributed by atoms with Crippen LogP contribution in [0.25, 0.3) is 0 Å². The van der Waals surface area contributed by atoms with Crippen LogP contribution in [-0.4, -0.2) is 60.4 Å². The van der Waals surface area contributed by atoms with E-state index in [1.165, 1.54) is 31.6 Å². The Bertz CT molecular complexity index is 361. The summed E-state index contributed by atoms with van der Waals surface area (Å²) in [6.45, 7) is 7.54. The van der Waals surface area contributed by atoms with E-state index >= 15 is 0 Å². The van der Waals surface area contributed by atoms with Crippen LogP contribution in [-0.2, 0) is 4.79 Å². The van der Waals surface area contributed by atoms with E-state index in [2.05, 4.69) is 23.0 Å². The van der Waals surface area contributed by atoms with E-state index < -0.39 is 0 Å². The van der Waals surface area contributed by atoms with Crippen LogP contribution in [0.4, 0.5) is 0 Å². The molecule has 2 aliphatic carbocycles. The molecule has 0 bridgehead atoms. The van der Waals surface area contributed by atoms with Gasteiger partial charge in [-0.2, -0.15) is 11.8 Å². The lowest BCUT2D eigenvalue weighted by atomic mass is 9.70. The van der Waals surface area contributed by atoms with E-state index in [0.29, 0.717) is 23.2 Å². The summed E-state index contributed by atoms with van der Waals surface area (Å²) in [5, 5.41) is 0. The second-order valence-electron chi connectivity index (χ2n) is 7.21. The molecule has 4 heteroatoms. The predicted molar refractivity (Wildman–Crippen MR) is 85.0 cm³/mol. The third kappa shape index (κ3) is 3.01. The topological polar surface area (TPSA) is 23.6 Å². The van der Waals surface area contributed by atoms with Gasteiger partial charge in [-0.3, -0.25) is 9.69 Å². The predicted octanol–water partition coefficient (Wildman–Crippen LogP) is 2.32. The Morgan fingerprint density at radius 1 is 1.25 bits per heavy atom. The molecule has 0 N–H and O–H groups in total. The number of carbonyl (C=O) groups is 1. The lowest BCUT2D eigenvalue weighted by Crippen LogP contribution is -2.53. The lowest BCUT2D eigenvalue weighted by molar-refractivity contribution is -0.134. The maximum absolute atomic E-state index is 12.2. The molecule has 0 unspecified atom stereocenters. The number of thioether (sulfide) groups is 1. The normalized spacial score (nSPS) is 32.8. The fourth-order valence-corrected chi connectivity index (χ4v) is 4.82. The molecule has 1 heterocycles. The number of rotatable bonds is 5. The fourth-order valence-electron chi connectivity index (χ4n) is 3.83. The van der Waals surface area contributed by atoms with E-state index in [9.17, 15) is 4.79 Å². The molecule has 1 amide bonds. The number of hydrogen-bond donors (Lipinski definition) is 0. The molecule has 3 fully saturated rings. The van der Waals surface area contributed by atoms with Gasteiger partial charge < -0.3 is 4.90 Å². The number of hydrogen-bond acceptors (Lipinski definition) is 3.